The average Bonchev–Trinajstić information content (AvgIpc) is 3.01. The molecule has 0 heterocycles. The Bertz CT molecular complexity index is 823. The van der Waals surface area contributed by atoms with Crippen molar-refractivity contribution in [2.24, 2.45) is 0 Å². The Hall–Kier alpha value is -0.700. The van der Waals surface area contributed by atoms with Crippen LogP contribution in [-0.4, -0.2) is 108 Å². The number of aliphatic hydroxyl groups excluding tert-OH is 7. The first-order valence-electron chi connectivity index (χ1n) is 17.6. The van der Waals surface area contributed by atoms with Crippen molar-refractivity contribution in [3.05, 3.63) is 0 Å². The molecule has 1 amide bonds. The Kier molecular flexibility index (Phi) is 23.0. The molecule has 8 atom stereocenters. The van der Waals surface area contributed by atoms with Gasteiger partial charge in [-0.15, -0.1) is 0 Å². The Morgan fingerprint density at radius 1 is 0.674 bits per heavy atom. The average molecular weight is 686 g/mol. The molecule has 1 aliphatic rings. The van der Waals surface area contributed by atoms with Gasteiger partial charge in [-0.1, -0.05) is 117 Å². The summed E-state index contributed by atoms with van der Waals surface area (Å²) in [4.78, 5) is 23.0. The molecule has 1 fully saturated rings. The second-order valence-electron chi connectivity index (χ2n) is 12.9. The van der Waals surface area contributed by atoms with Crippen LogP contribution in [-0.2, 0) is 18.4 Å². The lowest BCUT2D eigenvalue weighted by Crippen LogP contribution is -2.64. The van der Waals surface area contributed by atoms with Gasteiger partial charge in [0.1, 0.15) is 36.6 Å². The van der Waals surface area contributed by atoms with Crippen LogP contribution in [0.25, 0.3) is 0 Å². The number of phosphoric acid groups is 1. The van der Waals surface area contributed by atoms with Crippen molar-refractivity contribution >= 4 is 13.7 Å². The van der Waals surface area contributed by atoms with Gasteiger partial charge < -0.3 is 46.0 Å². The molecule has 0 spiro atoms. The van der Waals surface area contributed by atoms with Crippen molar-refractivity contribution in [3.8, 4) is 0 Å². The molecule has 0 aromatic heterocycles. The standard InChI is InChI=1S/C32H64NO12P/c1-3-5-7-8-9-10-11-12-13-14-15-16-18-19-23(34)21-26(36)33-24(25(35)20-17-6-4-2)22-44-46(42,43)45-32-30(40)28(38)27(37)29(39)31(32)41/h23-25,27-32,34-35,37-41H,3-22H2,1-2H3,(H,33,36)(H,42,43). The molecule has 0 aromatic carbocycles. The van der Waals surface area contributed by atoms with Crippen molar-refractivity contribution in [2.45, 2.75) is 191 Å². The zero-order valence-corrected chi connectivity index (χ0v) is 28.9. The molecule has 0 radical (unpaired) electrons. The van der Waals surface area contributed by atoms with E-state index in [1.54, 1.807) is 0 Å². The molecule has 1 aliphatic carbocycles. The first-order valence-corrected chi connectivity index (χ1v) is 19.1. The third-order valence-corrected chi connectivity index (χ3v) is 9.71. The third-order valence-electron chi connectivity index (χ3n) is 8.72. The Balaban J connectivity index is 2.48. The molecule has 0 saturated heterocycles. The SMILES string of the molecule is CCCCCCCCCCCCCCCC(O)CC(=O)NC(COP(=O)(O)OC1C(O)C(O)C(O)C(O)C1O)C(O)CCCCC. The van der Waals surface area contributed by atoms with Crippen LogP contribution < -0.4 is 5.32 Å². The predicted molar refractivity (Wildman–Crippen MR) is 174 cm³/mol. The zero-order chi connectivity index (χ0) is 34.5. The highest BCUT2D eigenvalue weighted by molar-refractivity contribution is 7.47. The monoisotopic (exact) mass is 685 g/mol. The molecule has 0 bridgehead atoms. The van der Waals surface area contributed by atoms with Gasteiger partial charge in [0.15, 0.2) is 0 Å². The van der Waals surface area contributed by atoms with Crippen molar-refractivity contribution in [1.82, 2.24) is 5.32 Å². The smallest absolute Gasteiger partial charge is 0.393 e. The van der Waals surface area contributed by atoms with E-state index in [4.69, 9.17) is 9.05 Å². The molecule has 0 aliphatic heterocycles. The van der Waals surface area contributed by atoms with E-state index < -0.39 is 75.2 Å². The number of nitrogens with one attached hydrogen (secondary N) is 1. The Labute approximate surface area is 275 Å². The molecule has 14 heteroatoms. The summed E-state index contributed by atoms with van der Waals surface area (Å²) >= 11 is 0. The minimum absolute atomic E-state index is 0.220. The highest BCUT2D eigenvalue weighted by Gasteiger charge is 2.51. The van der Waals surface area contributed by atoms with Gasteiger partial charge in [-0.2, -0.15) is 0 Å². The quantitative estimate of drug-likeness (QED) is 0.0449. The highest BCUT2D eigenvalue weighted by Crippen LogP contribution is 2.47. The van der Waals surface area contributed by atoms with E-state index in [0.717, 1.165) is 38.5 Å². The van der Waals surface area contributed by atoms with Gasteiger partial charge in [0, 0.05) is 0 Å². The lowest BCUT2D eigenvalue weighted by molar-refractivity contribution is -0.220. The fourth-order valence-electron chi connectivity index (χ4n) is 5.71. The second-order valence-corrected chi connectivity index (χ2v) is 14.3. The number of rotatable bonds is 27. The molecule has 0 aromatic rings. The highest BCUT2D eigenvalue weighted by atomic mass is 31.2. The number of hydrogen-bond acceptors (Lipinski definition) is 11. The van der Waals surface area contributed by atoms with E-state index in [9.17, 15) is 50.0 Å². The summed E-state index contributed by atoms with van der Waals surface area (Å²) in [5.41, 5.74) is 0. The number of carbonyl (C=O) groups excluding carboxylic acids is 1. The van der Waals surface area contributed by atoms with E-state index in [2.05, 4.69) is 12.2 Å². The first kappa shape index (κ1) is 43.3. The molecule has 9 N–H and O–H groups in total. The van der Waals surface area contributed by atoms with Gasteiger partial charge in [0.2, 0.25) is 5.91 Å². The van der Waals surface area contributed by atoms with E-state index in [0.29, 0.717) is 12.8 Å². The maximum atomic E-state index is 12.7. The minimum atomic E-state index is -5.08. The molecule has 8 unspecified atom stereocenters. The number of unbranched alkanes of at least 4 members (excludes halogenated alkanes) is 14. The summed E-state index contributed by atoms with van der Waals surface area (Å²) in [5, 5.41) is 73.3. The molecular weight excluding hydrogens is 621 g/mol. The lowest BCUT2D eigenvalue weighted by Gasteiger charge is -2.41. The van der Waals surface area contributed by atoms with Gasteiger partial charge in [-0.3, -0.25) is 13.8 Å². The molecule has 1 rings (SSSR count). The number of aliphatic hydroxyl groups is 7. The third kappa shape index (κ3) is 17.6. The van der Waals surface area contributed by atoms with Crippen LogP contribution in [0, 0.1) is 0 Å². The van der Waals surface area contributed by atoms with Crippen LogP contribution in [0.5, 0.6) is 0 Å². The van der Waals surface area contributed by atoms with Gasteiger partial charge in [0.25, 0.3) is 0 Å². The number of hydrogen-bond donors (Lipinski definition) is 9. The molecule has 13 nitrogen and oxygen atoms in total. The summed E-state index contributed by atoms with van der Waals surface area (Å²) in [6.45, 7) is 3.52. The number of phosphoric ester groups is 1. The minimum Gasteiger partial charge on any atom is -0.393 e. The Morgan fingerprint density at radius 3 is 1.59 bits per heavy atom. The van der Waals surface area contributed by atoms with Gasteiger partial charge in [-0.05, 0) is 12.8 Å². The predicted octanol–water partition coefficient (Wildman–Crippen LogP) is 2.96. The maximum absolute atomic E-state index is 12.7. The number of amides is 1. The van der Waals surface area contributed by atoms with Crippen LogP contribution in [0.4, 0.5) is 0 Å². The van der Waals surface area contributed by atoms with Crippen LogP contribution in [0.3, 0.4) is 0 Å². The van der Waals surface area contributed by atoms with Crippen molar-refractivity contribution < 1.29 is 59.0 Å². The van der Waals surface area contributed by atoms with E-state index in [-0.39, 0.29) is 12.8 Å². The Morgan fingerprint density at radius 2 is 1.09 bits per heavy atom. The summed E-state index contributed by atoms with van der Waals surface area (Å²) in [6.07, 6.45) is 4.53. The van der Waals surface area contributed by atoms with E-state index in [1.165, 1.54) is 57.8 Å². The fraction of sp³-hybridized carbons (Fsp3) is 0.969. The van der Waals surface area contributed by atoms with Gasteiger partial charge in [-0.25, -0.2) is 4.57 Å². The van der Waals surface area contributed by atoms with Gasteiger partial charge >= 0.3 is 7.82 Å². The number of carbonyl (C=O) groups is 1. The summed E-state index contributed by atoms with van der Waals surface area (Å²) in [6, 6.07) is -1.14. The molecular formula is C32H64NO12P. The maximum Gasteiger partial charge on any atom is 0.472 e. The largest absolute Gasteiger partial charge is 0.472 e. The van der Waals surface area contributed by atoms with Gasteiger partial charge in [0.05, 0.1) is 31.3 Å². The molecule has 1 saturated carbocycles. The second kappa shape index (κ2) is 24.4. The van der Waals surface area contributed by atoms with Crippen molar-refractivity contribution in [3.63, 3.8) is 0 Å². The normalized spacial score (nSPS) is 26.7. The van der Waals surface area contributed by atoms with Crippen LogP contribution in [0.1, 0.15) is 136 Å². The summed E-state index contributed by atoms with van der Waals surface area (Å²) < 4.78 is 22.5. The topological polar surface area (TPSA) is 226 Å². The molecule has 46 heavy (non-hydrogen) atoms. The van der Waals surface area contributed by atoms with Crippen molar-refractivity contribution in [2.75, 3.05) is 6.61 Å². The lowest BCUT2D eigenvalue weighted by atomic mass is 9.85. The van der Waals surface area contributed by atoms with E-state index in [1.807, 2.05) is 6.92 Å². The van der Waals surface area contributed by atoms with Crippen LogP contribution >= 0.6 is 7.82 Å². The molecule has 274 valence electrons. The van der Waals surface area contributed by atoms with Crippen LogP contribution in [0.15, 0.2) is 0 Å². The summed E-state index contributed by atoms with van der Waals surface area (Å²) in [7, 11) is -5.08. The summed E-state index contributed by atoms with van der Waals surface area (Å²) in [5.74, 6) is -0.572. The van der Waals surface area contributed by atoms with E-state index >= 15 is 0 Å². The van der Waals surface area contributed by atoms with Crippen LogP contribution in [0.2, 0.25) is 0 Å². The fourth-order valence-corrected chi connectivity index (χ4v) is 6.68. The van der Waals surface area contributed by atoms with Crippen molar-refractivity contribution in [1.29, 1.82) is 0 Å². The first-order chi connectivity index (χ1) is 21.8. The zero-order valence-electron chi connectivity index (χ0n) is 28.0.